The molecule has 6 heteroatoms. The van der Waals surface area contributed by atoms with Crippen LogP contribution < -0.4 is 5.32 Å². The molecule has 110 valence electrons. The van der Waals surface area contributed by atoms with Crippen LogP contribution >= 0.6 is 0 Å². The van der Waals surface area contributed by atoms with Gasteiger partial charge in [0, 0.05) is 12.7 Å². The third kappa shape index (κ3) is 6.26. The molecule has 1 N–H and O–H groups in total. The Kier molecular flexibility index (Phi) is 5.61. The van der Waals surface area contributed by atoms with Gasteiger partial charge in [0.1, 0.15) is 5.60 Å². The van der Waals surface area contributed by atoms with Crippen LogP contribution in [0.1, 0.15) is 32.8 Å². The Labute approximate surface area is 116 Å². The van der Waals surface area contributed by atoms with Crippen molar-refractivity contribution in [2.24, 2.45) is 0 Å². The highest BCUT2D eigenvalue weighted by molar-refractivity contribution is 5.67. The van der Waals surface area contributed by atoms with Crippen LogP contribution in [0.4, 0.5) is 13.6 Å². The molecule has 0 aromatic carbocycles. The van der Waals surface area contributed by atoms with Gasteiger partial charge in [0.15, 0.2) is 5.82 Å². The summed E-state index contributed by atoms with van der Waals surface area (Å²) in [6.07, 6.45) is 4.62. The number of hydrogen-bond donors (Lipinski definition) is 1. The second kappa shape index (κ2) is 6.98. The average molecular weight is 284 g/mol. The first-order chi connectivity index (χ1) is 9.28. The molecular weight excluding hydrogens is 266 g/mol. The maximum absolute atomic E-state index is 12.9. The van der Waals surface area contributed by atoms with Gasteiger partial charge in [-0.1, -0.05) is 12.2 Å². The van der Waals surface area contributed by atoms with Gasteiger partial charge >= 0.3 is 6.09 Å². The van der Waals surface area contributed by atoms with Crippen molar-refractivity contribution in [3.05, 3.63) is 35.7 Å². The highest BCUT2D eigenvalue weighted by Crippen LogP contribution is 2.08. The standard InChI is InChI=1S/C14H18F2N2O2/c1-14(2,3)20-13(19)17-7-5-4-6-10-8-11(15)12(16)18-9-10/h4,6,8-9H,5,7H2,1-3H3,(H,17,19). The van der Waals surface area contributed by atoms with Gasteiger partial charge in [-0.15, -0.1) is 0 Å². The van der Waals surface area contributed by atoms with Crippen LogP contribution in [0.15, 0.2) is 18.3 Å². The first kappa shape index (κ1) is 16.1. The van der Waals surface area contributed by atoms with Gasteiger partial charge in [0.25, 0.3) is 0 Å². The van der Waals surface area contributed by atoms with Crippen LogP contribution in [0.2, 0.25) is 0 Å². The largest absolute Gasteiger partial charge is 0.444 e. The summed E-state index contributed by atoms with van der Waals surface area (Å²) in [6, 6.07) is 1.06. The van der Waals surface area contributed by atoms with Crippen LogP contribution in [-0.2, 0) is 4.74 Å². The molecule has 0 unspecified atom stereocenters. The van der Waals surface area contributed by atoms with Crippen molar-refractivity contribution in [2.45, 2.75) is 32.8 Å². The third-order valence-electron chi connectivity index (χ3n) is 2.11. The Hall–Kier alpha value is -1.98. The molecule has 1 aromatic heterocycles. The number of nitrogens with one attached hydrogen (secondary N) is 1. The number of carbonyl (C=O) groups is 1. The van der Waals surface area contributed by atoms with E-state index in [0.29, 0.717) is 18.5 Å². The molecule has 0 saturated carbocycles. The lowest BCUT2D eigenvalue weighted by molar-refractivity contribution is 0.0529. The van der Waals surface area contributed by atoms with Crippen molar-refractivity contribution in [1.29, 1.82) is 0 Å². The highest BCUT2D eigenvalue weighted by atomic mass is 19.2. The summed E-state index contributed by atoms with van der Waals surface area (Å²) in [5.41, 5.74) is -0.0711. The highest BCUT2D eigenvalue weighted by Gasteiger charge is 2.15. The Bertz CT molecular complexity index is 496. The van der Waals surface area contributed by atoms with Crippen LogP contribution in [0.25, 0.3) is 6.08 Å². The fourth-order valence-electron chi connectivity index (χ4n) is 1.32. The molecule has 20 heavy (non-hydrogen) atoms. The van der Waals surface area contributed by atoms with Gasteiger partial charge in [0.2, 0.25) is 5.95 Å². The topological polar surface area (TPSA) is 51.2 Å². The monoisotopic (exact) mass is 284 g/mol. The van der Waals surface area contributed by atoms with Crippen molar-refractivity contribution < 1.29 is 18.3 Å². The predicted octanol–water partition coefficient (Wildman–Crippen LogP) is 3.29. The quantitative estimate of drug-likeness (QED) is 0.682. The van der Waals surface area contributed by atoms with Crippen molar-refractivity contribution in [2.75, 3.05) is 6.54 Å². The Morgan fingerprint density at radius 3 is 2.75 bits per heavy atom. The van der Waals surface area contributed by atoms with Gasteiger partial charge in [-0.2, -0.15) is 4.39 Å². The van der Waals surface area contributed by atoms with E-state index in [-0.39, 0.29) is 0 Å². The number of nitrogens with zero attached hydrogens (tertiary/aromatic N) is 1. The summed E-state index contributed by atoms with van der Waals surface area (Å²) >= 11 is 0. The third-order valence-corrected chi connectivity index (χ3v) is 2.11. The summed E-state index contributed by atoms with van der Waals surface area (Å²) in [4.78, 5) is 14.6. The zero-order valence-corrected chi connectivity index (χ0v) is 11.7. The van der Waals surface area contributed by atoms with Crippen LogP contribution in [0.3, 0.4) is 0 Å². The van der Waals surface area contributed by atoms with E-state index in [9.17, 15) is 13.6 Å². The summed E-state index contributed by atoms with van der Waals surface area (Å²) in [6.45, 7) is 5.73. The number of ether oxygens (including phenoxy) is 1. The van der Waals surface area contributed by atoms with Gasteiger partial charge in [-0.3, -0.25) is 0 Å². The zero-order chi connectivity index (χ0) is 15.2. The smallest absolute Gasteiger partial charge is 0.407 e. The molecule has 0 aliphatic carbocycles. The molecule has 0 atom stereocenters. The number of pyridine rings is 1. The van der Waals surface area contributed by atoms with E-state index in [2.05, 4.69) is 10.3 Å². The molecule has 4 nitrogen and oxygen atoms in total. The Balaban J connectivity index is 2.32. The van der Waals surface area contributed by atoms with E-state index in [1.807, 2.05) is 0 Å². The summed E-state index contributed by atoms with van der Waals surface area (Å²) in [5, 5.41) is 2.58. The summed E-state index contributed by atoms with van der Waals surface area (Å²) in [7, 11) is 0. The molecular formula is C14H18F2N2O2. The van der Waals surface area contributed by atoms with Crippen LogP contribution in [-0.4, -0.2) is 23.2 Å². The lowest BCUT2D eigenvalue weighted by Crippen LogP contribution is -2.32. The second-order valence-electron chi connectivity index (χ2n) is 5.16. The number of alkyl carbamates (subject to hydrolysis) is 1. The molecule has 0 aliphatic heterocycles. The lowest BCUT2D eigenvalue weighted by Gasteiger charge is -2.19. The SMILES string of the molecule is CC(C)(C)OC(=O)NCCC=Cc1cnc(F)c(F)c1. The number of halogens is 2. The minimum absolute atomic E-state index is 0.391. The molecule has 0 radical (unpaired) electrons. The van der Waals surface area contributed by atoms with Gasteiger partial charge in [-0.05, 0) is 38.8 Å². The minimum Gasteiger partial charge on any atom is -0.444 e. The summed E-state index contributed by atoms with van der Waals surface area (Å²) < 4.78 is 30.5. The normalized spacial score (nSPS) is 11.7. The number of rotatable bonds is 4. The van der Waals surface area contributed by atoms with E-state index in [0.717, 1.165) is 6.07 Å². The number of hydrogen-bond acceptors (Lipinski definition) is 3. The fraction of sp³-hybridized carbons (Fsp3) is 0.429. The van der Waals surface area contributed by atoms with Crippen molar-refractivity contribution in [1.82, 2.24) is 10.3 Å². The number of aromatic nitrogens is 1. The minimum atomic E-state index is -1.12. The fourth-order valence-corrected chi connectivity index (χ4v) is 1.32. The van der Waals surface area contributed by atoms with Gasteiger partial charge < -0.3 is 10.1 Å². The van der Waals surface area contributed by atoms with Gasteiger partial charge in [0.05, 0.1) is 0 Å². The first-order valence-electron chi connectivity index (χ1n) is 6.22. The van der Waals surface area contributed by atoms with E-state index < -0.39 is 23.5 Å². The molecule has 0 fully saturated rings. The molecule has 1 aromatic rings. The van der Waals surface area contributed by atoms with Crippen molar-refractivity contribution in [3.8, 4) is 0 Å². The Morgan fingerprint density at radius 2 is 2.15 bits per heavy atom. The number of amides is 1. The van der Waals surface area contributed by atoms with E-state index in [1.54, 1.807) is 32.9 Å². The molecule has 1 amide bonds. The molecule has 0 spiro atoms. The summed E-state index contributed by atoms with van der Waals surface area (Å²) in [5.74, 6) is -2.10. The second-order valence-corrected chi connectivity index (χ2v) is 5.16. The van der Waals surface area contributed by atoms with Gasteiger partial charge in [-0.25, -0.2) is 14.2 Å². The van der Waals surface area contributed by atoms with Crippen molar-refractivity contribution in [3.63, 3.8) is 0 Å². The van der Waals surface area contributed by atoms with E-state index >= 15 is 0 Å². The average Bonchev–Trinajstić information content (AvgIpc) is 2.31. The molecule has 0 aliphatic rings. The van der Waals surface area contributed by atoms with E-state index in [4.69, 9.17) is 4.74 Å². The van der Waals surface area contributed by atoms with E-state index in [1.165, 1.54) is 6.20 Å². The maximum atomic E-state index is 12.9. The van der Waals surface area contributed by atoms with Crippen LogP contribution in [0.5, 0.6) is 0 Å². The van der Waals surface area contributed by atoms with Crippen molar-refractivity contribution >= 4 is 12.2 Å². The Morgan fingerprint density at radius 1 is 1.45 bits per heavy atom. The number of carbonyl (C=O) groups excluding carboxylic acids is 1. The molecule has 0 bridgehead atoms. The molecule has 0 saturated heterocycles. The molecule has 1 rings (SSSR count). The lowest BCUT2D eigenvalue weighted by atomic mass is 10.2. The van der Waals surface area contributed by atoms with Crippen LogP contribution in [0, 0.1) is 11.8 Å². The predicted molar refractivity (Wildman–Crippen MR) is 72.0 cm³/mol. The maximum Gasteiger partial charge on any atom is 0.407 e. The molecule has 1 heterocycles. The zero-order valence-electron chi connectivity index (χ0n) is 11.7. The first-order valence-corrected chi connectivity index (χ1v) is 6.22.